The van der Waals surface area contributed by atoms with Crippen LogP contribution in [0.2, 0.25) is 0 Å². The molecule has 0 atom stereocenters. The van der Waals surface area contributed by atoms with Gasteiger partial charge in [-0.05, 0) is 67.3 Å². The van der Waals surface area contributed by atoms with E-state index >= 15 is 0 Å². The molecule has 0 aromatic heterocycles. The lowest BCUT2D eigenvalue weighted by atomic mass is 10.2. The first-order chi connectivity index (χ1) is 12.1. The van der Waals surface area contributed by atoms with E-state index in [4.69, 9.17) is 17.3 Å². The van der Waals surface area contributed by atoms with Crippen molar-refractivity contribution in [3.63, 3.8) is 0 Å². The number of rotatable bonds is 7. The summed E-state index contributed by atoms with van der Waals surface area (Å²) in [4.78, 5) is 0.340. The van der Waals surface area contributed by atoms with E-state index in [2.05, 4.69) is 43.8 Å². The third-order valence-corrected chi connectivity index (χ3v) is 5.37. The average Bonchev–Trinajstić information content (AvgIpc) is 2.59. The maximum atomic E-state index is 9.66. The molecular weight excluding hydrogens is 490 g/mol. The van der Waals surface area contributed by atoms with Crippen molar-refractivity contribution in [1.82, 2.24) is 5.32 Å². The fourth-order valence-electron chi connectivity index (χ4n) is 1.77. The number of phenolic OH excluding ortho intramolecular Hbond substituents is 2. The topological polar surface area (TPSA) is 113 Å². The van der Waals surface area contributed by atoms with Crippen LogP contribution in [0.25, 0.3) is 6.08 Å². The summed E-state index contributed by atoms with van der Waals surface area (Å²) in [6, 6.07) is 1.37. The quantitative estimate of drug-likeness (QED) is 0.109. The first-order valence-electron chi connectivity index (χ1n) is 7.10. The summed E-state index contributed by atoms with van der Waals surface area (Å²) >= 11 is 11.6. The Bertz CT molecular complexity index is 803. The highest BCUT2D eigenvalue weighted by Gasteiger charge is 2.12. The number of aliphatic hydroxyl groups is 3. The Hall–Kier alpha value is -1.81. The van der Waals surface area contributed by atoms with Crippen LogP contribution < -0.4 is 5.32 Å². The van der Waals surface area contributed by atoms with Gasteiger partial charge < -0.3 is 30.8 Å². The van der Waals surface area contributed by atoms with Gasteiger partial charge in [-0.3, -0.25) is 0 Å². The van der Waals surface area contributed by atoms with Gasteiger partial charge in [-0.25, -0.2) is 0 Å². The Morgan fingerprint density at radius 2 is 1.85 bits per heavy atom. The summed E-state index contributed by atoms with van der Waals surface area (Å²) in [6.45, 7) is 2.97. The molecule has 140 valence electrons. The van der Waals surface area contributed by atoms with Crippen LogP contribution in [0.15, 0.2) is 56.9 Å². The van der Waals surface area contributed by atoms with E-state index in [1.54, 1.807) is 12.2 Å². The zero-order valence-corrected chi connectivity index (χ0v) is 17.4. The standard InChI is InChI=1S/C17H17Br2NO5S/c1-9(22)4-10(5-12(23)8-21)7-20-14(26)3-2-11-6-13(24)17(25)16(19)15(11)18/h2-6,21-25H,1,7-8H2,(H,20,26)/b3-2+,10-4+,12-5+. The number of aromatic hydroxyl groups is 2. The van der Waals surface area contributed by atoms with Crippen molar-refractivity contribution >= 4 is 55.1 Å². The molecule has 0 aliphatic heterocycles. The van der Waals surface area contributed by atoms with E-state index in [9.17, 15) is 20.4 Å². The molecule has 0 radical (unpaired) electrons. The van der Waals surface area contributed by atoms with E-state index in [1.165, 1.54) is 18.2 Å². The van der Waals surface area contributed by atoms with Crippen molar-refractivity contribution < 1.29 is 25.5 Å². The van der Waals surface area contributed by atoms with E-state index < -0.39 is 6.61 Å². The van der Waals surface area contributed by atoms with Gasteiger partial charge in [0.25, 0.3) is 0 Å². The molecule has 0 spiro atoms. The Morgan fingerprint density at radius 3 is 2.42 bits per heavy atom. The minimum absolute atomic E-state index is 0.165. The summed E-state index contributed by atoms with van der Waals surface area (Å²) in [6.07, 6.45) is 5.79. The Kier molecular flexibility index (Phi) is 8.86. The number of thiocarbonyl (C=S) groups is 1. The average molecular weight is 507 g/mol. The first-order valence-corrected chi connectivity index (χ1v) is 9.09. The van der Waals surface area contributed by atoms with Crippen molar-refractivity contribution in [1.29, 1.82) is 0 Å². The van der Waals surface area contributed by atoms with Crippen LogP contribution in [-0.2, 0) is 0 Å². The van der Waals surface area contributed by atoms with Crippen molar-refractivity contribution in [2.24, 2.45) is 0 Å². The number of hydrogen-bond acceptors (Lipinski definition) is 6. The first kappa shape index (κ1) is 22.2. The maximum absolute atomic E-state index is 9.66. The molecule has 9 heteroatoms. The lowest BCUT2D eigenvalue weighted by Crippen LogP contribution is -2.21. The fraction of sp³-hybridized carbons (Fsp3) is 0.118. The van der Waals surface area contributed by atoms with Gasteiger partial charge in [0.1, 0.15) is 18.1 Å². The van der Waals surface area contributed by atoms with Crippen LogP contribution in [0.3, 0.4) is 0 Å². The van der Waals surface area contributed by atoms with E-state index in [1.807, 2.05) is 0 Å². The van der Waals surface area contributed by atoms with E-state index in [0.29, 0.717) is 25.1 Å². The van der Waals surface area contributed by atoms with Crippen LogP contribution in [0, 0.1) is 0 Å². The molecule has 6 N–H and O–H groups in total. The fourth-order valence-corrected chi connectivity index (χ4v) is 2.78. The largest absolute Gasteiger partial charge is 0.510 e. The van der Waals surface area contributed by atoms with E-state index in [-0.39, 0.29) is 29.6 Å². The highest BCUT2D eigenvalue weighted by atomic mass is 79.9. The molecule has 26 heavy (non-hydrogen) atoms. The van der Waals surface area contributed by atoms with Gasteiger partial charge in [-0.1, -0.05) is 24.9 Å². The normalized spacial score (nSPS) is 12.4. The monoisotopic (exact) mass is 505 g/mol. The van der Waals surface area contributed by atoms with E-state index in [0.717, 1.165) is 0 Å². The highest BCUT2D eigenvalue weighted by molar-refractivity contribution is 9.13. The van der Waals surface area contributed by atoms with Gasteiger partial charge in [-0.15, -0.1) is 0 Å². The number of phenols is 2. The number of halogens is 2. The molecule has 0 aliphatic rings. The second-order valence-electron chi connectivity index (χ2n) is 5.02. The predicted octanol–water partition coefficient (Wildman–Crippen LogP) is 3.99. The molecule has 6 nitrogen and oxygen atoms in total. The summed E-state index contributed by atoms with van der Waals surface area (Å²) in [7, 11) is 0. The number of nitrogens with one attached hydrogen (secondary N) is 1. The molecule has 0 saturated heterocycles. The molecule has 0 amide bonds. The molecule has 0 fully saturated rings. The Balaban J connectivity index is 2.86. The molecule has 0 heterocycles. The van der Waals surface area contributed by atoms with Crippen LogP contribution in [0.4, 0.5) is 0 Å². The number of benzene rings is 1. The molecule has 0 aliphatic carbocycles. The third kappa shape index (κ3) is 6.83. The van der Waals surface area contributed by atoms with Gasteiger partial charge in [0.15, 0.2) is 11.5 Å². The Morgan fingerprint density at radius 1 is 1.19 bits per heavy atom. The summed E-state index contributed by atoms with van der Waals surface area (Å²) in [5, 5.41) is 49.7. The molecule has 1 aromatic rings. The lowest BCUT2D eigenvalue weighted by molar-refractivity contribution is 0.253. The van der Waals surface area contributed by atoms with Gasteiger partial charge in [-0.2, -0.15) is 0 Å². The molecular formula is C17H17Br2NO5S. The van der Waals surface area contributed by atoms with Crippen LogP contribution in [0.5, 0.6) is 11.5 Å². The number of aliphatic hydroxyl groups excluding tert-OH is 3. The maximum Gasteiger partial charge on any atom is 0.173 e. The van der Waals surface area contributed by atoms with Crippen molar-refractivity contribution in [2.75, 3.05) is 13.2 Å². The molecule has 0 saturated carbocycles. The molecule has 0 unspecified atom stereocenters. The molecule has 0 bridgehead atoms. The minimum Gasteiger partial charge on any atom is -0.510 e. The predicted molar refractivity (Wildman–Crippen MR) is 112 cm³/mol. The van der Waals surface area contributed by atoms with Crippen LogP contribution in [0.1, 0.15) is 5.56 Å². The van der Waals surface area contributed by atoms with Crippen LogP contribution in [-0.4, -0.2) is 43.7 Å². The molecule has 1 aromatic carbocycles. The van der Waals surface area contributed by atoms with Gasteiger partial charge >= 0.3 is 0 Å². The summed E-state index contributed by atoms with van der Waals surface area (Å²) in [5.74, 6) is -1.04. The highest BCUT2D eigenvalue weighted by Crippen LogP contribution is 2.41. The Labute approximate surface area is 172 Å². The second kappa shape index (κ2) is 10.4. The lowest BCUT2D eigenvalue weighted by Gasteiger charge is -2.08. The second-order valence-corrected chi connectivity index (χ2v) is 7.04. The SMILES string of the molecule is C=C(O)/C=C(\C=C(\O)CO)CNC(=S)/C=C/c1cc(O)c(O)c(Br)c1Br. The van der Waals surface area contributed by atoms with Gasteiger partial charge in [0.05, 0.1) is 9.46 Å². The van der Waals surface area contributed by atoms with Gasteiger partial charge in [0.2, 0.25) is 0 Å². The van der Waals surface area contributed by atoms with Gasteiger partial charge in [0, 0.05) is 11.0 Å². The van der Waals surface area contributed by atoms with Crippen molar-refractivity contribution in [2.45, 2.75) is 0 Å². The summed E-state index contributed by atoms with van der Waals surface area (Å²) in [5.41, 5.74) is 1.03. The third-order valence-electron chi connectivity index (χ3n) is 2.94. The van der Waals surface area contributed by atoms with Crippen molar-refractivity contribution in [3.05, 3.63) is 62.5 Å². The zero-order valence-electron chi connectivity index (χ0n) is 13.4. The number of allylic oxidation sites excluding steroid dienone is 1. The smallest absolute Gasteiger partial charge is 0.173 e. The molecule has 1 rings (SSSR count). The minimum atomic E-state index is -0.535. The number of hydrogen-bond donors (Lipinski definition) is 6. The van der Waals surface area contributed by atoms with Crippen LogP contribution >= 0.6 is 44.1 Å². The summed E-state index contributed by atoms with van der Waals surface area (Å²) < 4.78 is 0.854. The van der Waals surface area contributed by atoms with Crippen molar-refractivity contribution in [3.8, 4) is 11.5 Å². The zero-order chi connectivity index (χ0) is 19.9.